The van der Waals surface area contributed by atoms with Gasteiger partial charge in [0.1, 0.15) is 0 Å². The molecule has 0 bridgehead atoms. The van der Waals surface area contributed by atoms with E-state index in [2.05, 4.69) is 24.0 Å². The lowest BCUT2D eigenvalue weighted by molar-refractivity contribution is 0.0696. The maximum absolute atomic E-state index is 12.4. The number of carbonyl (C=O) groups excluding carboxylic acids is 1. The van der Waals surface area contributed by atoms with Gasteiger partial charge in [-0.3, -0.25) is 9.89 Å². The second-order valence-corrected chi connectivity index (χ2v) is 5.06. The molecule has 1 aromatic heterocycles. The van der Waals surface area contributed by atoms with Crippen LogP contribution in [0.4, 0.5) is 5.69 Å². The van der Waals surface area contributed by atoms with Gasteiger partial charge in [0.2, 0.25) is 0 Å². The lowest BCUT2D eigenvalue weighted by atomic mass is 10.0. The number of carbonyl (C=O) groups is 1. The quantitative estimate of drug-likeness (QED) is 0.818. The average Bonchev–Trinajstić information content (AvgIpc) is 2.87. The second kappa shape index (κ2) is 4.39. The van der Waals surface area contributed by atoms with Gasteiger partial charge in [0.05, 0.1) is 11.4 Å². The zero-order chi connectivity index (χ0) is 12.6. The molecule has 1 aliphatic heterocycles. The summed E-state index contributed by atoms with van der Waals surface area (Å²) in [5.41, 5.74) is 7.46. The molecule has 1 aliphatic rings. The highest BCUT2D eigenvalue weighted by Gasteiger charge is 2.33. The number of aryl methyl sites for hydroxylation is 1. The predicted molar refractivity (Wildman–Crippen MR) is 66.6 cm³/mol. The molecular weight excluding hydrogens is 216 g/mol. The van der Waals surface area contributed by atoms with Crippen molar-refractivity contribution < 1.29 is 4.79 Å². The van der Waals surface area contributed by atoms with E-state index in [1.54, 1.807) is 0 Å². The van der Waals surface area contributed by atoms with Crippen molar-refractivity contribution in [1.29, 1.82) is 0 Å². The minimum absolute atomic E-state index is 0.0388. The fourth-order valence-corrected chi connectivity index (χ4v) is 2.47. The number of aromatic nitrogens is 2. The molecule has 0 radical (unpaired) electrons. The molecule has 1 atom stereocenters. The molecular formula is C12H20N4O. The summed E-state index contributed by atoms with van der Waals surface area (Å²) in [5.74, 6) is 0.436. The minimum atomic E-state index is -0.0388. The van der Waals surface area contributed by atoms with Gasteiger partial charge in [-0.1, -0.05) is 13.8 Å². The van der Waals surface area contributed by atoms with E-state index in [4.69, 9.17) is 5.73 Å². The zero-order valence-corrected chi connectivity index (χ0v) is 10.7. The number of nitrogens with two attached hydrogens (primary N) is 1. The molecule has 3 N–H and O–H groups in total. The van der Waals surface area contributed by atoms with Crippen molar-refractivity contribution in [3.05, 3.63) is 11.4 Å². The topological polar surface area (TPSA) is 75.0 Å². The van der Waals surface area contributed by atoms with Gasteiger partial charge in [0, 0.05) is 12.6 Å². The van der Waals surface area contributed by atoms with Crippen LogP contribution in [0.3, 0.4) is 0 Å². The maximum atomic E-state index is 12.4. The summed E-state index contributed by atoms with van der Waals surface area (Å²) in [4.78, 5) is 14.3. The number of aromatic amines is 1. The molecule has 17 heavy (non-hydrogen) atoms. The Morgan fingerprint density at radius 2 is 2.29 bits per heavy atom. The summed E-state index contributed by atoms with van der Waals surface area (Å²) in [6, 6.07) is 0.318. The largest absolute Gasteiger partial charge is 0.395 e. The number of amides is 1. The molecule has 2 rings (SSSR count). The molecule has 5 heteroatoms. The van der Waals surface area contributed by atoms with Crippen LogP contribution in [0.2, 0.25) is 0 Å². The predicted octanol–water partition coefficient (Wildman–Crippen LogP) is 1.56. The summed E-state index contributed by atoms with van der Waals surface area (Å²) in [6.07, 6.45) is 2.14. The van der Waals surface area contributed by atoms with E-state index < -0.39 is 0 Å². The number of rotatable bonds is 2. The number of H-pyrrole nitrogens is 1. The Labute approximate surface area is 101 Å². The Hall–Kier alpha value is -1.52. The van der Waals surface area contributed by atoms with Gasteiger partial charge in [-0.25, -0.2) is 0 Å². The summed E-state index contributed by atoms with van der Waals surface area (Å²) in [6.45, 7) is 6.93. The summed E-state index contributed by atoms with van der Waals surface area (Å²) < 4.78 is 0. The van der Waals surface area contributed by atoms with Gasteiger partial charge in [0.25, 0.3) is 5.91 Å². The summed E-state index contributed by atoms with van der Waals surface area (Å²) in [7, 11) is 0. The molecule has 1 amide bonds. The van der Waals surface area contributed by atoms with Crippen LogP contribution < -0.4 is 5.73 Å². The first-order valence-corrected chi connectivity index (χ1v) is 6.13. The van der Waals surface area contributed by atoms with Crippen molar-refractivity contribution in [1.82, 2.24) is 15.1 Å². The molecule has 94 valence electrons. The van der Waals surface area contributed by atoms with Crippen LogP contribution in [0.25, 0.3) is 0 Å². The Morgan fingerprint density at radius 1 is 1.59 bits per heavy atom. The van der Waals surface area contributed by atoms with Gasteiger partial charge in [0.15, 0.2) is 5.69 Å². The number of nitrogens with zero attached hydrogens (tertiary/aromatic N) is 2. The van der Waals surface area contributed by atoms with E-state index in [1.165, 1.54) is 0 Å². The number of hydrogen-bond donors (Lipinski definition) is 2. The molecule has 0 spiro atoms. The molecule has 2 heterocycles. The number of likely N-dealkylation sites (tertiary alicyclic amines) is 1. The van der Waals surface area contributed by atoms with Crippen molar-refractivity contribution in [2.24, 2.45) is 5.92 Å². The third kappa shape index (κ3) is 2.01. The SMILES string of the molecule is Cc1[nH]nc(C(=O)N2CCCC2C(C)C)c1N. The van der Waals surface area contributed by atoms with Crippen LogP contribution in [-0.4, -0.2) is 33.6 Å². The maximum Gasteiger partial charge on any atom is 0.276 e. The number of nitrogens with one attached hydrogen (secondary N) is 1. The normalized spacial score (nSPS) is 20.2. The van der Waals surface area contributed by atoms with E-state index in [1.807, 2.05) is 11.8 Å². The lowest BCUT2D eigenvalue weighted by Crippen LogP contribution is -2.39. The molecule has 1 fully saturated rings. The number of anilines is 1. The van der Waals surface area contributed by atoms with Crippen molar-refractivity contribution in [2.45, 2.75) is 39.7 Å². The van der Waals surface area contributed by atoms with Crippen LogP contribution in [0, 0.1) is 12.8 Å². The highest BCUT2D eigenvalue weighted by molar-refractivity contribution is 5.97. The van der Waals surface area contributed by atoms with Crippen molar-refractivity contribution in [3.63, 3.8) is 0 Å². The van der Waals surface area contributed by atoms with Crippen LogP contribution in [0.15, 0.2) is 0 Å². The molecule has 0 aromatic carbocycles. The second-order valence-electron chi connectivity index (χ2n) is 5.06. The first-order valence-electron chi connectivity index (χ1n) is 6.13. The van der Waals surface area contributed by atoms with Gasteiger partial charge in [-0.15, -0.1) is 0 Å². The van der Waals surface area contributed by atoms with E-state index in [0.29, 0.717) is 23.3 Å². The van der Waals surface area contributed by atoms with Gasteiger partial charge >= 0.3 is 0 Å². The zero-order valence-electron chi connectivity index (χ0n) is 10.7. The van der Waals surface area contributed by atoms with Gasteiger partial charge in [-0.05, 0) is 25.7 Å². The monoisotopic (exact) mass is 236 g/mol. The third-order valence-electron chi connectivity index (χ3n) is 3.53. The van der Waals surface area contributed by atoms with Gasteiger partial charge < -0.3 is 10.6 Å². The van der Waals surface area contributed by atoms with E-state index in [9.17, 15) is 4.79 Å². The number of nitrogen functional groups attached to an aromatic ring is 1. The Balaban J connectivity index is 2.23. The van der Waals surface area contributed by atoms with Crippen LogP contribution in [0.5, 0.6) is 0 Å². The van der Waals surface area contributed by atoms with Gasteiger partial charge in [-0.2, -0.15) is 5.10 Å². The van der Waals surface area contributed by atoms with Crippen LogP contribution in [-0.2, 0) is 0 Å². The third-order valence-corrected chi connectivity index (χ3v) is 3.53. The Bertz CT molecular complexity index is 424. The summed E-state index contributed by atoms with van der Waals surface area (Å²) in [5, 5.41) is 6.78. The smallest absolute Gasteiger partial charge is 0.276 e. The standard InChI is InChI=1S/C12H20N4O/c1-7(2)9-5-4-6-16(9)12(17)11-10(13)8(3)14-15-11/h7,9H,4-6,13H2,1-3H3,(H,14,15). The minimum Gasteiger partial charge on any atom is -0.395 e. The van der Waals surface area contributed by atoms with Crippen molar-refractivity contribution in [3.8, 4) is 0 Å². The Morgan fingerprint density at radius 3 is 2.82 bits per heavy atom. The van der Waals surface area contributed by atoms with E-state index in [-0.39, 0.29) is 5.91 Å². The van der Waals surface area contributed by atoms with Crippen molar-refractivity contribution in [2.75, 3.05) is 12.3 Å². The average molecular weight is 236 g/mol. The highest BCUT2D eigenvalue weighted by atomic mass is 16.2. The van der Waals surface area contributed by atoms with Crippen molar-refractivity contribution >= 4 is 11.6 Å². The highest BCUT2D eigenvalue weighted by Crippen LogP contribution is 2.26. The molecule has 5 nitrogen and oxygen atoms in total. The fourth-order valence-electron chi connectivity index (χ4n) is 2.47. The molecule has 1 unspecified atom stereocenters. The number of hydrogen-bond acceptors (Lipinski definition) is 3. The fraction of sp³-hybridized carbons (Fsp3) is 0.667. The Kier molecular flexibility index (Phi) is 3.09. The molecule has 0 aliphatic carbocycles. The molecule has 0 saturated carbocycles. The summed E-state index contributed by atoms with van der Waals surface area (Å²) >= 11 is 0. The van der Waals surface area contributed by atoms with E-state index in [0.717, 1.165) is 25.1 Å². The van der Waals surface area contributed by atoms with E-state index >= 15 is 0 Å². The molecule has 1 saturated heterocycles. The van der Waals surface area contributed by atoms with Crippen LogP contribution >= 0.6 is 0 Å². The first-order chi connectivity index (χ1) is 8.02. The first kappa shape index (κ1) is 12.0. The van der Waals surface area contributed by atoms with Crippen LogP contribution in [0.1, 0.15) is 42.9 Å². The molecule has 1 aromatic rings. The lowest BCUT2D eigenvalue weighted by Gasteiger charge is -2.27.